The summed E-state index contributed by atoms with van der Waals surface area (Å²) in [6.07, 6.45) is 1.69. The Balaban J connectivity index is 1.10. The van der Waals surface area contributed by atoms with Crippen molar-refractivity contribution in [2.24, 2.45) is 17.8 Å². The predicted octanol–water partition coefficient (Wildman–Crippen LogP) is 8.62. The minimum atomic E-state index is -2.20. The number of phenols is 1. The van der Waals surface area contributed by atoms with Gasteiger partial charge in [-0.05, 0) is 91.1 Å². The Labute approximate surface area is 337 Å². The van der Waals surface area contributed by atoms with E-state index in [1.165, 1.54) is 23.1 Å². The summed E-state index contributed by atoms with van der Waals surface area (Å²) in [6.45, 7) is 0.224. The fraction of sp³-hybridized carbons (Fsp3) is 0.200. The second-order valence-electron chi connectivity index (χ2n) is 14.8. The lowest BCUT2D eigenvalue weighted by Crippen LogP contribution is -2.60. The van der Waals surface area contributed by atoms with Crippen LogP contribution in [0.2, 0.25) is 0 Å². The first-order valence-electron chi connectivity index (χ1n) is 18.5. The highest BCUT2D eigenvalue weighted by atomic mass is 35.5. The molecule has 5 aromatic rings. The number of halogens is 3. The van der Waals surface area contributed by atoms with E-state index in [0.29, 0.717) is 17.0 Å². The largest absolute Gasteiger partial charge is 0.508 e. The van der Waals surface area contributed by atoms with E-state index in [4.69, 9.17) is 27.9 Å². The third-order valence-corrected chi connectivity index (χ3v) is 13.1. The van der Waals surface area contributed by atoms with Gasteiger partial charge in [-0.15, -0.1) is 23.2 Å². The fourth-order valence-electron chi connectivity index (χ4n) is 8.98. The first-order chi connectivity index (χ1) is 27.5. The van der Waals surface area contributed by atoms with Gasteiger partial charge in [0.1, 0.15) is 23.9 Å². The number of hydrogen-bond acceptors (Lipinski definition) is 7. The van der Waals surface area contributed by atoms with Gasteiger partial charge in [0, 0.05) is 28.9 Å². The number of para-hydroxylation sites is 1. The van der Waals surface area contributed by atoms with Gasteiger partial charge < -0.3 is 15.2 Å². The summed E-state index contributed by atoms with van der Waals surface area (Å²) in [4.78, 5) is 55.7. The molecule has 2 heterocycles. The topological polar surface area (TPSA) is 116 Å². The zero-order chi connectivity index (χ0) is 39.6. The highest BCUT2D eigenvalue weighted by Gasteiger charge is 2.77. The molecule has 2 N–H and O–H groups in total. The van der Waals surface area contributed by atoms with Crippen LogP contribution in [0.15, 0.2) is 139 Å². The molecule has 2 saturated heterocycles. The highest BCUT2D eigenvalue weighted by molar-refractivity contribution is 6.58. The number of carbonyl (C=O) groups is 4. The molecular formula is C45H34Cl2FN3O6. The summed E-state index contributed by atoms with van der Waals surface area (Å²) in [7, 11) is 0. The zero-order valence-corrected chi connectivity index (χ0v) is 31.7. The summed E-state index contributed by atoms with van der Waals surface area (Å²) < 4.78 is 20.0. The number of alkyl halides is 2. The first-order valence-corrected chi connectivity index (χ1v) is 19.3. The van der Waals surface area contributed by atoms with E-state index in [-0.39, 0.29) is 36.4 Å². The standard InChI is InChI=1S/C45H34Cl2FN3O6/c46-44-24-36-33(21-22-35-38(36)41(54)50(40(35)53)30-17-13-29(14-18-30)49-28-9-5-2-6-10-28)39(34-20-19-32(23-37(34)52)57-25-26-7-3-1-4-8-26)45(44,47)43(56)51(42(44)55)31-15-11-27(48)12-16-31/h1-21,23,35-36,38-39,49,52H,22,24-25H2/t35-,36+,38-,39+,44+,45-/m0/s1. The number of imide groups is 2. The average molecular weight is 803 g/mol. The minimum Gasteiger partial charge on any atom is -0.508 e. The normalized spacial score (nSPS) is 26.5. The van der Waals surface area contributed by atoms with Crippen LogP contribution in [-0.4, -0.2) is 38.5 Å². The van der Waals surface area contributed by atoms with Crippen LogP contribution in [0, 0.1) is 23.6 Å². The molecule has 9 nitrogen and oxygen atoms in total. The fourth-order valence-corrected chi connectivity index (χ4v) is 9.91. The SMILES string of the molecule is O=C1[C@H]2[C@H](CC=C3[C@H]2C[C@@]2(Cl)C(=O)N(c4ccc(F)cc4)C(=O)[C@@]2(Cl)[C@H]3c2ccc(OCc3ccccc3)cc2O)C(=O)N1c1ccc(Nc2ccccc2)cc1. The molecule has 0 radical (unpaired) electrons. The number of benzene rings is 5. The third-order valence-electron chi connectivity index (χ3n) is 11.6. The van der Waals surface area contributed by atoms with Gasteiger partial charge in [-0.1, -0.05) is 66.2 Å². The molecule has 4 aliphatic rings. The van der Waals surface area contributed by atoms with E-state index < -0.39 is 62.9 Å². The molecule has 0 spiro atoms. The number of phenolic OH excluding ortho intramolecular Hbond substituents is 1. The van der Waals surface area contributed by atoms with E-state index in [0.717, 1.165) is 34.0 Å². The first kappa shape index (κ1) is 36.7. The third kappa shape index (κ3) is 5.80. The van der Waals surface area contributed by atoms with Gasteiger partial charge in [0.05, 0.1) is 23.2 Å². The summed E-state index contributed by atoms with van der Waals surface area (Å²) in [5, 5.41) is 15.0. The van der Waals surface area contributed by atoms with Gasteiger partial charge in [-0.25, -0.2) is 9.29 Å². The van der Waals surface area contributed by atoms with E-state index >= 15 is 0 Å². The van der Waals surface area contributed by atoms with Gasteiger partial charge in [-0.3, -0.25) is 24.1 Å². The number of allylic oxidation sites excluding steroid dienone is 2. The second-order valence-corrected chi connectivity index (χ2v) is 16.0. The van der Waals surface area contributed by atoms with Gasteiger partial charge >= 0.3 is 0 Å². The smallest absolute Gasteiger partial charge is 0.258 e. The maximum absolute atomic E-state index is 14.7. The molecule has 286 valence electrons. The molecule has 1 saturated carbocycles. The molecule has 9 rings (SSSR count). The molecule has 2 aliphatic heterocycles. The van der Waals surface area contributed by atoms with Crippen LogP contribution in [0.25, 0.3) is 0 Å². The Hall–Kier alpha value is -5.97. The summed E-state index contributed by atoms with van der Waals surface area (Å²) in [5.41, 5.74) is 3.69. The maximum atomic E-state index is 14.7. The number of nitrogens with zero attached hydrogens (tertiary/aromatic N) is 2. The molecule has 0 bridgehead atoms. The molecule has 5 aromatic carbocycles. The molecule has 57 heavy (non-hydrogen) atoms. The second kappa shape index (κ2) is 13.9. The number of anilines is 4. The van der Waals surface area contributed by atoms with Crippen molar-refractivity contribution in [2.45, 2.75) is 35.1 Å². The molecule has 6 atom stereocenters. The van der Waals surface area contributed by atoms with E-state index in [1.54, 1.807) is 42.5 Å². The number of carbonyl (C=O) groups excluding carboxylic acids is 4. The van der Waals surface area contributed by atoms with Crippen molar-refractivity contribution in [2.75, 3.05) is 15.1 Å². The van der Waals surface area contributed by atoms with Crippen molar-refractivity contribution in [1.29, 1.82) is 0 Å². The Morgan fingerprint density at radius 2 is 1.37 bits per heavy atom. The lowest BCUT2D eigenvalue weighted by atomic mass is 9.56. The Kier molecular flexibility index (Phi) is 8.94. The van der Waals surface area contributed by atoms with Gasteiger partial charge in [0.2, 0.25) is 11.8 Å². The van der Waals surface area contributed by atoms with Crippen molar-refractivity contribution in [3.8, 4) is 11.5 Å². The molecule has 3 fully saturated rings. The lowest BCUT2D eigenvalue weighted by Gasteiger charge is -2.50. The van der Waals surface area contributed by atoms with Crippen LogP contribution < -0.4 is 19.9 Å². The molecule has 0 aromatic heterocycles. The molecule has 2 aliphatic carbocycles. The van der Waals surface area contributed by atoms with Crippen LogP contribution >= 0.6 is 23.2 Å². The number of nitrogens with one attached hydrogen (secondary N) is 1. The van der Waals surface area contributed by atoms with E-state index in [2.05, 4.69) is 5.32 Å². The van der Waals surface area contributed by atoms with Crippen molar-refractivity contribution in [1.82, 2.24) is 0 Å². The monoisotopic (exact) mass is 801 g/mol. The van der Waals surface area contributed by atoms with Crippen LogP contribution in [0.3, 0.4) is 0 Å². The average Bonchev–Trinajstić information content (AvgIpc) is 3.56. The summed E-state index contributed by atoms with van der Waals surface area (Å²) in [5.74, 6) is -6.84. The number of rotatable bonds is 8. The molecular weight excluding hydrogens is 768 g/mol. The Morgan fingerprint density at radius 1 is 0.737 bits per heavy atom. The van der Waals surface area contributed by atoms with Crippen LogP contribution in [0.1, 0.15) is 29.9 Å². The minimum absolute atomic E-state index is 0.0619. The number of fused-ring (bicyclic) bond motifs is 4. The number of ether oxygens (including phenoxy) is 1. The van der Waals surface area contributed by atoms with Gasteiger partial charge in [0.25, 0.3) is 11.8 Å². The van der Waals surface area contributed by atoms with Gasteiger partial charge in [0.15, 0.2) is 9.75 Å². The zero-order valence-electron chi connectivity index (χ0n) is 30.1. The molecule has 12 heteroatoms. The van der Waals surface area contributed by atoms with Crippen LogP contribution in [-0.2, 0) is 25.8 Å². The molecule has 0 unspecified atom stereocenters. The predicted molar refractivity (Wildman–Crippen MR) is 214 cm³/mol. The summed E-state index contributed by atoms with van der Waals surface area (Å²) >= 11 is 15.0. The quantitative estimate of drug-likeness (QED) is 0.0918. The number of aromatic hydroxyl groups is 1. The highest BCUT2D eigenvalue weighted by Crippen LogP contribution is 2.66. The Bertz CT molecular complexity index is 2470. The molecule has 4 amide bonds. The van der Waals surface area contributed by atoms with Crippen molar-refractivity contribution in [3.05, 3.63) is 156 Å². The Morgan fingerprint density at radius 3 is 2.05 bits per heavy atom. The van der Waals surface area contributed by atoms with E-state index in [9.17, 15) is 28.7 Å². The number of amides is 4. The van der Waals surface area contributed by atoms with Crippen LogP contribution in [0.5, 0.6) is 11.5 Å². The van der Waals surface area contributed by atoms with Gasteiger partial charge in [-0.2, -0.15) is 0 Å². The maximum Gasteiger partial charge on any atom is 0.258 e. The van der Waals surface area contributed by atoms with Crippen LogP contribution in [0.4, 0.5) is 27.1 Å². The van der Waals surface area contributed by atoms with Crippen molar-refractivity contribution >= 4 is 69.6 Å². The van der Waals surface area contributed by atoms with Crippen molar-refractivity contribution in [3.63, 3.8) is 0 Å². The summed E-state index contributed by atoms with van der Waals surface area (Å²) in [6, 6.07) is 35.4. The van der Waals surface area contributed by atoms with Crippen molar-refractivity contribution < 1.29 is 33.4 Å². The number of hydrogen-bond donors (Lipinski definition) is 2. The lowest BCUT2D eigenvalue weighted by molar-refractivity contribution is -0.125. The van der Waals surface area contributed by atoms with E-state index in [1.807, 2.05) is 60.7 Å².